The summed E-state index contributed by atoms with van der Waals surface area (Å²) in [5.41, 5.74) is 8.14. The Morgan fingerprint density at radius 3 is 2.74 bits per heavy atom. The number of aromatic nitrogens is 3. The lowest BCUT2D eigenvalue weighted by molar-refractivity contribution is 0.852. The molecule has 19 heavy (non-hydrogen) atoms. The van der Waals surface area contributed by atoms with Crippen LogP contribution in [0.4, 0.5) is 5.82 Å². The van der Waals surface area contributed by atoms with E-state index < -0.39 is 0 Å². The molecule has 0 bridgehead atoms. The van der Waals surface area contributed by atoms with Crippen LogP contribution in [0, 0.1) is 6.92 Å². The molecule has 0 saturated heterocycles. The zero-order chi connectivity index (χ0) is 13.8. The van der Waals surface area contributed by atoms with Gasteiger partial charge in [0.05, 0.1) is 12.2 Å². The van der Waals surface area contributed by atoms with Gasteiger partial charge in [0.25, 0.3) is 0 Å². The van der Waals surface area contributed by atoms with Crippen LogP contribution in [0.3, 0.4) is 0 Å². The molecule has 98 valence electrons. The van der Waals surface area contributed by atoms with Gasteiger partial charge in [-0.3, -0.25) is 4.98 Å². The smallest absolute Gasteiger partial charge is 0.157 e. The molecular weight excluding hydrogens is 258 g/mol. The van der Waals surface area contributed by atoms with Crippen LogP contribution in [0.2, 0.25) is 0 Å². The molecule has 2 heterocycles. The van der Waals surface area contributed by atoms with Gasteiger partial charge >= 0.3 is 0 Å². The van der Waals surface area contributed by atoms with Gasteiger partial charge in [-0.2, -0.15) is 0 Å². The van der Waals surface area contributed by atoms with Crippen LogP contribution in [0.5, 0.6) is 0 Å². The summed E-state index contributed by atoms with van der Waals surface area (Å²) in [4.78, 5) is 15.1. The van der Waals surface area contributed by atoms with E-state index in [1.807, 2.05) is 37.1 Å². The first kappa shape index (κ1) is 13.4. The summed E-state index contributed by atoms with van der Waals surface area (Å²) in [6, 6.07) is 5.92. The third kappa shape index (κ3) is 3.23. The van der Waals surface area contributed by atoms with E-state index in [4.69, 9.17) is 18.0 Å². The molecule has 2 aromatic rings. The molecule has 2 aromatic heterocycles. The highest BCUT2D eigenvalue weighted by Crippen LogP contribution is 2.15. The van der Waals surface area contributed by atoms with E-state index in [0.29, 0.717) is 18.1 Å². The third-order valence-corrected chi connectivity index (χ3v) is 2.81. The zero-order valence-corrected chi connectivity index (χ0v) is 11.7. The Hall–Kier alpha value is -2.08. The second-order valence-electron chi connectivity index (χ2n) is 4.22. The van der Waals surface area contributed by atoms with Crippen LogP contribution < -0.4 is 10.6 Å². The number of nitrogens with two attached hydrogens (primary N) is 1. The van der Waals surface area contributed by atoms with Gasteiger partial charge in [-0.05, 0) is 19.1 Å². The van der Waals surface area contributed by atoms with Crippen LogP contribution >= 0.6 is 12.2 Å². The molecule has 0 fully saturated rings. The van der Waals surface area contributed by atoms with Gasteiger partial charge in [-0.15, -0.1) is 0 Å². The monoisotopic (exact) mass is 273 g/mol. The SMILES string of the molecule is Cc1cccc(CN(C)c2nccnc2C(N)=S)n1. The predicted molar refractivity (Wildman–Crippen MR) is 79.0 cm³/mol. The second kappa shape index (κ2) is 5.71. The molecular formula is C13H15N5S. The average Bonchev–Trinajstić information content (AvgIpc) is 2.38. The molecule has 0 amide bonds. The number of thiocarbonyl (C=S) groups is 1. The molecule has 0 aliphatic carbocycles. The molecule has 5 nitrogen and oxygen atoms in total. The maximum Gasteiger partial charge on any atom is 0.157 e. The van der Waals surface area contributed by atoms with E-state index >= 15 is 0 Å². The molecule has 0 radical (unpaired) electrons. The highest BCUT2D eigenvalue weighted by Gasteiger charge is 2.12. The maximum atomic E-state index is 5.66. The van der Waals surface area contributed by atoms with Crippen LogP contribution in [-0.4, -0.2) is 27.0 Å². The minimum atomic E-state index is 0.243. The van der Waals surface area contributed by atoms with Crippen LogP contribution in [-0.2, 0) is 6.54 Å². The van der Waals surface area contributed by atoms with Crippen molar-refractivity contribution in [2.24, 2.45) is 5.73 Å². The third-order valence-electron chi connectivity index (χ3n) is 2.62. The Morgan fingerprint density at radius 2 is 2.05 bits per heavy atom. The van der Waals surface area contributed by atoms with Gasteiger partial charge in [0.2, 0.25) is 0 Å². The molecule has 0 saturated carbocycles. The Bertz CT molecular complexity index is 599. The van der Waals surface area contributed by atoms with Crippen molar-refractivity contribution >= 4 is 23.0 Å². The summed E-state index contributed by atoms with van der Waals surface area (Å²) >= 11 is 4.99. The fourth-order valence-corrected chi connectivity index (χ4v) is 1.93. The number of anilines is 1. The minimum absolute atomic E-state index is 0.243. The Kier molecular flexibility index (Phi) is 4.01. The van der Waals surface area contributed by atoms with E-state index in [-0.39, 0.29) is 4.99 Å². The lowest BCUT2D eigenvalue weighted by atomic mass is 10.3. The van der Waals surface area contributed by atoms with Crippen molar-refractivity contribution in [1.29, 1.82) is 0 Å². The van der Waals surface area contributed by atoms with E-state index in [9.17, 15) is 0 Å². The first-order chi connectivity index (χ1) is 9.08. The lowest BCUT2D eigenvalue weighted by Crippen LogP contribution is -2.24. The van der Waals surface area contributed by atoms with Crippen molar-refractivity contribution in [2.45, 2.75) is 13.5 Å². The fraction of sp³-hybridized carbons (Fsp3) is 0.231. The molecule has 6 heteroatoms. The van der Waals surface area contributed by atoms with Crippen molar-refractivity contribution in [3.63, 3.8) is 0 Å². The summed E-state index contributed by atoms with van der Waals surface area (Å²) in [6.45, 7) is 2.59. The van der Waals surface area contributed by atoms with Crippen molar-refractivity contribution in [2.75, 3.05) is 11.9 Å². The van der Waals surface area contributed by atoms with Crippen molar-refractivity contribution in [1.82, 2.24) is 15.0 Å². The molecule has 0 aromatic carbocycles. The van der Waals surface area contributed by atoms with Gasteiger partial charge in [0.15, 0.2) is 5.82 Å². The predicted octanol–water partition coefficient (Wildman–Crippen LogP) is 1.45. The average molecular weight is 273 g/mol. The number of pyridine rings is 1. The zero-order valence-electron chi connectivity index (χ0n) is 10.9. The lowest BCUT2D eigenvalue weighted by Gasteiger charge is -2.19. The quantitative estimate of drug-likeness (QED) is 0.850. The van der Waals surface area contributed by atoms with E-state index in [1.54, 1.807) is 12.4 Å². The molecule has 0 aliphatic rings. The van der Waals surface area contributed by atoms with Crippen LogP contribution in [0.1, 0.15) is 17.1 Å². The minimum Gasteiger partial charge on any atom is -0.388 e. The first-order valence-electron chi connectivity index (χ1n) is 5.82. The van der Waals surface area contributed by atoms with Gasteiger partial charge in [0.1, 0.15) is 10.7 Å². The highest BCUT2D eigenvalue weighted by molar-refractivity contribution is 7.80. The highest BCUT2D eigenvalue weighted by atomic mass is 32.1. The van der Waals surface area contributed by atoms with E-state index in [2.05, 4.69) is 15.0 Å². The number of hydrogen-bond donors (Lipinski definition) is 1. The summed E-state index contributed by atoms with van der Waals surface area (Å²) < 4.78 is 0. The standard InChI is InChI=1S/C13H15N5S/c1-9-4-3-5-10(17-9)8-18(2)13-11(12(14)19)15-6-7-16-13/h3-7H,8H2,1-2H3,(H2,14,19). The molecule has 0 spiro atoms. The topological polar surface area (TPSA) is 67.9 Å². The van der Waals surface area contributed by atoms with E-state index in [1.165, 1.54) is 0 Å². The Labute approximate surface area is 117 Å². The van der Waals surface area contributed by atoms with Gasteiger partial charge in [0, 0.05) is 25.1 Å². The van der Waals surface area contributed by atoms with Crippen molar-refractivity contribution < 1.29 is 0 Å². The second-order valence-corrected chi connectivity index (χ2v) is 4.66. The Morgan fingerprint density at radius 1 is 1.32 bits per heavy atom. The largest absolute Gasteiger partial charge is 0.388 e. The van der Waals surface area contributed by atoms with E-state index in [0.717, 1.165) is 11.4 Å². The summed E-state index contributed by atoms with van der Waals surface area (Å²) in [5, 5.41) is 0. The summed E-state index contributed by atoms with van der Waals surface area (Å²) in [7, 11) is 1.91. The maximum absolute atomic E-state index is 5.66. The summed E-state index contributed by atoms with van der Waals surface area (Å²) in [6.07, 6.45) is 3.20. The van der Waals surface area contributed by atoms with Gasteiger partial charge < -0.3 is 10.6 Å². The molecule has 0 aliphatic heterocycles. The number of rotatable bonds is 4. The number of aryl methyl sites for hydroxylation is 1. The molecule has 0 atom stereocenters. The summed E-state index contributed by atoms with van der Waals surface area (Å²) in [5.74, 6) is 0.665. The number of nitrogens with zero attached hydrogens (tertiary/aromatic N) is 4. The van der Waals surface area contributed by atoms with Crippen LogP contribution in [0.25, 0.3) is 0 Å². The first-order valence-corrected chi connectivity index (χ1v) is 6.23. The van der Waals surface area contributed by atoms with Gasteiger partial charge in [-0.25, -0.2) is 9.97 Å². The van der Waals surface area contributed by atoms with Crippen molar-refractivity contribution in [3.05, 3.63) is 47.7 Å². The molecule has 2 N–H and O–H groups in total. The molecule has 2 rings (SSSR count). The molecule has 0 unspecified atom stereocenters. The van der Waals surface area contributed by atoms with Crippen LogP contribution in [0.15, 0.2) is 30.6 Å². The Balaban J connectivity index is 2.25. The number of hydrogen-bond acceptors (Lipinski definition) is 5. The normalized spacial score (nSPS) is 10.2. The van der Waals surface area contributed by atoms with Crippen molar-refractivity contribution in [3.8, 4) is 0 Å². The fourth-order valence-electron chi connectivity index (χ4n) is 1.79. The van der Waals surface area contributed by atoms with Gasteiger partial charge in [-0.1, -0.05) is 18.3 Å².